The molecule has 0 aliphatic heterocycles. The summed E-state index contributed by atoms with van der Waals surface area (Å²) < 4.78 is 51.0. The molecule has 0 atom stereocenters. The molecule has 8 heteroatoms. The normalized spacial score (nSPS) is 11.8. The maximum atomic E-state index is 12.9. The first-order valence-electron chi connectivity index (χ1n) is 4.81. The summed E-state index contributed by atoms with van der Waals surface area (Å²) in [5.74, 6) is -1.21. The smallest absolute Gasteiger partial charge is 0.388 e. The van der Waals surface area contributed by atoms with Crippen molar-refractivity contribution in [2.24, 2.45) is 0 Å². The molecule has 18 heavy (non-hydrogen) atoms. The van der Waals surface area contributed by atoms with Crippen LogP contribution in [0, 0.1) is 5.82 Å². The van der Waals surface area contributed by atoms with Crippen molar-refractivity contribution in [3.8, 4) is 11.4 Å². The molecule has 0 saturated heterocycles. The molecule has 0 aliphatic rings. The number of nitrogens with one attached hydrogen (secondary N) is 1. The lowest BCUT2D eigenvalue weighted by atomic mass is 10.1. The second kappa shape index (κ2) is 4.37. The number of halogens is 4. The minimum absolute atomic E-state index is 0.0300. The second-order valence-electron chi connectivity index (χ2n) is 3.45. The molecule has 4 nitrogen and oxygen atoms in total. The third-order valence-electron chi connectivity index (χ3n) is 2.21. The second-order valence-corrected chi connectivity index (χ2v) is 3.45. The zero-order valence-corrected chi connectivity index (χ0v) is 8.79. The summed E-state index contributed by atoms with van der Waals surface area (Å²) in [5.41, 5.74) is -1.51. The maximum Gasteiger partial charge on any atom is 0.417 e. The highest BCUT2D eigenvalue weighted by atomic mass is 19.4. The molecule has 2 aromatic rings. The van der Waals surface area contributed by atoms with Gasteiger partial charge in [-0.25, -0.2) is 9.37 Å². The molecule has 0 aliphatic carbocycles. The monoisotopic (exact) mass is 261 g/mol. The molecule has 96 valence electrons. The molecule has 1 aromatic heterocycles. The van der Waals surface area contributed by atoms with Crippen molar-refractivity contribution >= 4 is 0 Å². The molecule has 0 spiro atoms. The Morgan fingerprint density at radius 3 is 2.56 bits per heavy atom. The van der Waals surface area contributed by atoms with Crippen LogP contribution in [-0.2, 0) is 12.8 Å². The Bertz CT molecular complexity index is 564. The van der Waals surface area contributed by atoms with E-state index < -0.39 is 24.2 Å². The number of benzene rings is 1. The van der Waals surface area contributed by atoms with Gasteiger partial charge in [0.25, 0.3) is 0 Å². The van der Waals surface area contributed by atoms with E-state index in [0.29, 0.717) is 6.07 Å². The molecule has 0 fully saturated rings. The molecule has 1 heterocycles. The van der Waals surface area contributed by atoms with Crippen LogP contribution < -0.4 is 0 Å². The number of rotatable bonds is 2. The third-order valence-corrected chi connectivity index (χ3v) is 2.21. The first-order chi connectivity index (χ1) is 8.41. The maximum absolute atomic E-state index is 12.9. The predicted octanol–water partition coefficient (Wildman–Crippen LogP) is 2.12. The van der Waals surface area contributed by atoms with Crippen molar-refractivity contribution in [1.82, 2.24) is 15.2 Å². The number of hydrogen-bond acceptors (Lipinski definition) is 3. The lowest BCUT2D eigenvalue weighted by molar-refractivity contribution is -0.137. The summed E-state index contributed by atoms with van der Waals surface area (Å²) in [6.45, 7) is -0.477. The zero-order chi connectivity index (χ0) is 13.3. The Morgan fingerprint density at radius 1 is 1.28 bits per heavy atom. The SMILES string of the molecule is OCc1nc(-c2ccc(F)cc2C(F)(F)F)n[nH]1. The van der Waals surface area contributed by atoms with E-state index in [4.69, 9.17) is 5.11 Å². The fourth-order valence-electron chi connectivity index (χ4n) is 1.43. The average molecular weight is 261 g/mol. The Labute approximate surface area is 98.3 Å². The number of H-pyrrole nitrogens is 1. The van der Waals surface area contributed by atoms with Gasteiger partial charge < -0.3 is 5.11 Å². The first-order valence-corrected chi connectivity index (χ1v) is 4.81. The van der Waals surface area contributed by atoms with E-state index in [1.807, 2.05) is 0 Å². The van der Waals surface area contributed by atoms with Crippen molar-refractivity contribution in [2.75, 3.05) is 0 Å². The fourth-order valence-corrected chi connectivity index (χ4v) is 1.43. The predicted molar refractivity (Wildman–Crippen MR) is 52.7 cm³/mol. The molecule has 2 N–H and O–H groups in total. The van der Waals surface area contributed by atoms with Gasteiger partial charge in [0.15, 0.2) is 11.6 Å². The van der Waals surface area contributed by atoms with E-state index in [2.05, 4.69) is 15.2 Å². The molecular weight excluding hydrogens is 254 g/mol. The Morgan fingerprint density at radius 2 is 2.00 bits per heavy atom. The number of nitrogens with zero attached hydrogens (tertiary/aromatic N) is 2. The number of aliphatic hydroxyl groups is 1. The van der Waals surface area contributed by atoms with Gasteiger partial charge in [0.1, 0.15) is 12.4 Å². The van der Waals surface area contributed by atoms with Gasteiger partial charge >= 0.3 is 6.18 Å². The summed E-state index contributed by atoms with van der Waals surface area (Å²) in [5, 5.41) is 14.6. The highest BCUT2D eigenvalue weighted by Crippen LogP contribution is 2.36. The van der Waals surface area contributed by atoms with E-state index in [9.17, 15) is 17.6 Å². The Kier molecular flexibility index (Phi) is 3.04. The van der Waals surface area contributed by atoms with E-state index in [0.717, 1.165) is 12.1 Å². The van der Waals surface area contributed by atoms with Crippen LogP contribution in [0.2, 0.25) is 0 Å². The topological polar surface area (TPSA) is 61.8 Å². The van der Waals surface area contributed by atoms with E-state index in [1.165, 1.54) is 0 Å². The van der Waals surface area contributed by atoms with Crippen molar-refractivity contribution in [3.63, 3.8) is 0 Å². The lowest BCUT2D eigenvalue weighted by Gasteiger charge is -2.10. The highest BCUT2D eigenvalue weighted by Gasteiger charge is 2.35. The molecule has 1 aromatic carbocycles. The largest absolute Gasteiger partial charge is 0.417 e. The number of aromatic amines is 1. The Balaban J connectivity index is 2.56. The number of aliphatic hydroxyl groups excluding tert-OH is 1. The van der Waals surface area contributed by atoms with Crippen LogP contribution in [0.15, 0.2) is 18.2 Å². The summed E-state index contributed by atoms with van der Waals surface area (Å²) in [4.78, 5) is 3.66. The van der Waals surface area contributed by atoms with Crippen LogP contribution in [0.25, 0.3) is 11.4 Å². The first kappa shape index (κ1) is 12.5. The van der Waals surface area contributed by atoms with Crippen LogP contribution in [0.3, 0.4) is 0 Å². The van der Waals surface area contributed by atoms with Crippen LogP contribution in [0.4, 0.5) is 17.6 Å². The molecule has 0 amide bonds. The zero-order valence-electron chi connectivity index (χ0n) is 8.79. The highest BCUT2D eigenvalue weighted by molar-refractivity contribution is 5.60. The fraction of sp³-hybridized carbons (Fsp3) is 0.200. The summed E-state index contributed by atoms with van der Waals surface area (Å²) in [6.07, 6.45) is -4.71. The van der Waals surface area contributed by atoms with Crippen LogP contribution in [-0.4, -0.2) is 20.3 Å². The van der Waals surface area contributed by atoms with Crippen molar-refractivity contribution in [3.05, 3.63) is 35.4 Å². The van der Waals surface area contributed by atoms with Gasteiger partial charge in [-0.2, -0.15) is 18.3 Å². The number of hydrogen-bond donors (Lipinski definition) is 2. The van der Waals surface area contributed by atoms with Crippen molar-refractivity contribution < 1.29 is 22.7 Å². The molecular formula is C10H7F4N3O. The molecule has 0 radical (unpaired) electrons. The molecule has 0 bridgehead atoms. The summed E-state index contributed by atoms with van der Waals surface area (Å²) >= 11 is 0. The minimum Gasteiger partial charge on any atom is -0.388 e. The van der Waals surface area contributed by atoms with Gasteiger partial charge in [-0.15, -0.1) is 0 Å². The van der Waals surface area contributed by atoms with Gasteiger partial charge in [-0.05, 0) is 18.2 Å². The van der Waals surface area contributed by atoms with Gasteiger partial charge in [0.05, 0.1) is 5.56 Å². The molecule has 0 saturated carbocycles. The number of aromatic nitrogens is 3. The van der Waals surface area contributed by atoms with Gasteiger partial charge in [-0.1, -0.05) is 0 Å². The third kappa shape index (κ3) is 2.33. The van der Waals surface area contributed by atoms with Crippen LogP contribution in [0.1, 0.15) is 11.4 Å². The van der Waals surface area contributed by atoms with Crippen molar-refractivity contribution in [1.29, 1.82) is 0 Å². The van der Waals surface area contributed by atoms with Gasteiger partial charge in [0.2, 0.25) is 0 Å². The molecule has 2 rings (SSSR count). The summed E-state index contributed by atoms with van der Waals surface area (Å²) in [7, 11) is 0. The van der Waals surface area contributed by atoms with Gasteiger partial charge in [0, 0.05) is 5.56 Å². The lowest BCUT2D eigenvalue weighted by Crippen LogP contribution is -2.08. The molecule has 0 unspecified atom stereocenters. The Hall–Kier alpha value is -1.96. The minimum atomic E-state index is -4.71. The average Bonchev–Trinajstić information content (AvgIpc) is 2.76. The van der Waals surface area contributed by atoms with Crippen molar-refractivity contribution in [2.45, 2.75) is 12.8 Å². The summed E-state index contributed by atoms with van der Waals surface area (Å²) in [6, 6.07) is 2.21. The van der Waals surface area contributed by atoms with E-state index >= 15 is 0 Å². The van der Waals surface area contributed by atoms with E-state index in [-0.39, 0.29) is 17.2 Å². The van der Waals surface area contributed by atoms with Gasteiger partial charge in [-0.3, -0.25) is 5.10 Å². The number of alkyl halides is 3. The van der Waals surface area contributed by atoms with Crippen LogP contribution in [0.5, 0.6) is 0 Å². The van der Waals surface area contributed by atoms with Crippen LogP contribution >= 0.6 is 0 Å². The van der Waals surface area contributed by atoms with E-state index in [1.54, 1.807) is 0 Å². The standard InChI is InChI=1S/C10H7F4N3O/c11-5-1-2-6(7(3-5)10(12,13)14)9-15-8(4-18)16-17-9/h1-3,18H,4H2,(H,15,16,17). The quantitative estimate of drug-likeness (QED) is 0.814.